The summed E-state index contributed by atoms with van der Waals surface area (Å²) in [6, 6.07) is 11.6. The van der Waals surface area contributed by atoms with Crippen molar-refractivity contribution in [2.24, 2.45) is 0 Å². The molecule has 1 N–H and O–H groups in total. The highest BCUT2D eigenvalue weighted by Crippen LogP contribution is 2.35. The molecule has 0 unspecified atom stereocenters. The third-order valence-electron chi connectivity index (χ3n) is 3.72. The van der Waals surface area contributed by atoms with E-state index in [9.17, 15) is 4.79 Å². The largest absolute Gasteiger partial charge is 0.370 e. The van der Waals surface area contributed by atoms with Crippen molar-refractivity contribution in [3.8, 4) is 0 Å². The molecule has 114 valence electrons. The van der Waals surface area contributed by atoms with E-state index in [1.54, 1.807) is 6.20 Å². The average molecular weight is 313 g/mol. The number of aromatic nitrogens is 1. The molecule has 3 rings (SSSR count). The number of thioether (sulfide) groups is 1. The molecule has 0 fully saturated rings. The Hall–Kier alpha value is -2.01. The first kappa shape index (κ1) is 14.9. The van der Waals surface area contributed by atoms with E-state index in [0.717, 1.165) is 24.5 Å². The van der Waals surface area contributed by atoms with Crippen LogP contribution in [0.15, 0.2) is 47.5 Å². The number of pyridine rings is 1. The summed E-state index contributed by atoms with van der Waals surface area (Å²) in [6.45, 7) is 4.59. The second-order valence-electron chi connectivity index (χ2n) is 5.11. The van der Waals surface area contributed by atoms with E-state index < -0.39 is 0 Å². The van der Waals surface area contributed by atoms with Gasteiger partial charge in [-0.25, -0.2) is 0 Å². The Morgan fingerprint density at radius 1 is 1.36 bits per heavy atom. The first-order chi connectivity index (χ1) is 10.8. The molecule has 1 aliphatic rings. The number of nitrogens with one attached hydrogen (secondary N) is 1. The predicted molar refractivity (Wildman–Crippen MR) is 90.5 cm³/mol. The topological polar surface area (TPSA) is 45.2 Å². The van der Waals surface area contributed by atoms with Crippen molar-refractivity contribution in [1.82, 2.24) is 10.3 Å². The van der Waals surface area contributed by atoms with Gasteiger partial charge in [0, 0.05) is 35.5 Å². The van der Waals surface area contributed by atoms with E-state index >= 15 is 0 Å². The minimum Gasteiger partial charge on any atom is -0.370 e. The molecule has 2 heterocycles. The second kappa shape index (κ2) is 6.83. The maximum atomic E-state index is 12.3. The van der Waals surface area contributed by atoms with Gasteiger partial charge in [-0.15, -0.1) is 11.8 Å². The summed E-state index contributed by atoms with van der Waals surface area (Å²) in [5.41, 5.74) is 2.74. The minimum absolute atomic E-state index is 0.0555. The van der Waals surface area contributed by atoms with Gasteiger partial charge in [0.25, 0.3) is 5.91 Å². The van der Waals surface area contributed by atoms with E-state index in [2.05, 4.69) is 28.2 Å². The molecule has 1 amide bonds. The van der Waals surface area contributed by atoms with E-state index in [1.807, 2.05) is 42.1 Å². The van der Waals surface area contributed by atoms with E-state index in [0.29, 0.717) is 12.1 Å². The molecule has 2 aromatic rings. The zero-order valence-electron chi connectivity index (χ0n) is 12.6. The number of carbonyl (C=O) groups excluding carboxylic acids is 1. The van der Waals surface area contributed by atoms with Gasteiger partial charge in [0.15, 0.2) is 0 Å². The Bertz CT molecular complexity index is 660. The lowest BCUT2D eigenvalue weighted by Gasteiger charge is -2.30. The van der Waals surface area contributed by atoms with Gasteiger partial charge in [0.1, 0.15) is 0 Å². The van der Waals surface area contributed by atoms with Gasteiger partial charge in [-0.2, -0.15) is 0 Å². The molecule has 5 heteroatoms. The number of anilines is 1. The Balaban J connectivity index is 1.73. The van der Waals surface area contributed by atoms with Crippen LogP contribution in [0.1, 0.15) is 23.0 Å². The van der Waals surface area contributed by atoms with Gasteiger partial charge in [-0.1, -0.05) is 6.07 Å². The Labute approximate surface area is 134 Å². The number of benzene rings is 1. The summed E-state index contributed by atoms with van der Waals surface area (Å²) in [7, 11) is 0. The fourth-order valence-corrected chi connectivity index (χ4v) is 3.55. The fourth-order valence-electron chi connectivity index (χ4n) is 2.52. The van der Waals surface area contributed by atoms with E-state index in [4.69, 9.17) is 0 Å². The quantitative estimate of drug-likeness (QED) is 0.942. The lowest BCUT2D eigenvalue weighted by atomic mass is 10.1. The van der Waals surface area contributed by atoms with Crippen molar-refractivity contribution in [3.05, 3.63) is 53.9 Å². The van der Waals surface area contributed by atoms with Crippen molar-refractivity contribution in [3.63, 3.8) is 0 Å². The van der Waals surface area contributed by atoms with Gasteiger partial charge in [-0.05, 0) is 37.3 Å². The SMILES string of the molecule is CCN1CCSc2ccc(C(=O)NCc3ccccn3)cc21. The molecular formula is C17H19N3OS. The molecule has 0 spiro atoms. The third kappa shape index (κ3) is 3.25. The highest BCUT2D eigenvalue weighted by atomic mass is 32.2. The van der Waals surface area contributed by atoms with Crippen molar-refractivity contribution >= 4 is 23.4 Å². The molecule has 0 saturated heterocycles. The Kier molecular flexibility index (Phi) is 4.63. The molecule has 1 aromatic carbocycles. The molecule has 0 radical (unpaired) electrons. The lowest BCUT2D eigenvalue weighted by Crippen LogP contribution is -2.29. The average Bonchev–Trinajstić information content (AvgIpc) is 2.59. The molecule has 0 saturated carbocycles. The highest BCUT2D eigenvalue weighted by Gasteiger charge is 2.18. The summed E-state index contributed by atoms with van der Waals surface area (Å²) in [6.07, 6.45) is 1.73. The number of carbonyl (C=O) groups is 1. The maximum absolute atomic E-state index is 12.3. The summed E-state index contributed by atoms with van der Waals surface area (Å²) in [5, 5.41) is 2.93. The van der Waals surface area contributed by atoms with Crippen LogP contribution in [-0.2, 0) is 6.54 Å². The maximum Gasteiger partial charge on any atom is 0.251 e. The number of hydrogen-bond acceptors (Lipinski definition) is 4. The molecule has 0 bridgehead atoms. The molecule has 4 nitrogen and oxygen atoms in total. The number of fused-ring (bicyclic) bond motifs is 1. The zero-order chi connectivity index (χ0) is 15.4. The minimum atomic E-state index is -0.0555. The molecule has 1 aliphatic heterocycles. The van der Waals surface area contributed by atoms with Crippen LogP contribution in [0.25, 0.3) is 0 Å². The number of amides is 1. The zero-order valence-corrected chi connectivity index (χ0v) is 13.4. The van der Waals surface area contributed by atoms with Gasteiger partial charge < -0.3 is 10.2 Å². The van der Waals surface area contributed by atoms with Crippen LogP contribution in [0.3, 0.4) is 0 Å². The molecule has 22 heavy (non-hydrogen) atoms. The van der Waals surface area contributed by atoms with Crippen molar-refractivity contribution in [1.29, 1.82) is 0 Å². The normalized spacial score (nSPS) is 13.6. The van der Waals surface area contributed by atoms with Gasteiger partial charge in [0.2, 0.25) is 0 Å². The molecule has 1 aromatic heterocycles. The molecular weight excluding hydrogens is 294 g/mol. The molecule has 0 aliphatic carbocycles. The van der Waals surface area contributed by atoms with Crippen molar-refractivity contribution in [2.45, 2.75) is 18.4 Å². The monoisotopic (exact) mass is 313 g/mol. The second-order valence-corrected chi connectivity index (χ2v) is 6.25. The van der Waals surface area contributed by atoms with Crippen LogP contribution in [0.5, 0.6) is 0 Å². The van der Waals surface area contributed by atoms with E-state index in [1.165, 1.54) is 10.6 Å². The highest BCUT2D eigenvalue weighted by molar-refractivity contribution is 7.99. The smallest absolute Gasteiger partial charge is 0.251 e. The summed E-state index contributed by atoms with van der Waals surface area (Å²) >= 11 is 1.86. The predicted octanol–water partition coefficient (Wildman–Crippen LogP) is 2.94. The van der Waals surface area contributed by atoms with Crippen molar-refractivity contribution < 1.29 is 4.79 Å². The molecule has 0 atom stereocenters. The van der Waals surface area contributed by atoms with Gasteiger partial charge >= 0.3 is 0 Å². The number of rotatable bonds is 4. The Morgan fingerprint density at radius 3 is 3.05 bits per heavy atom. The lowest BCUT2D eigenvalue weighted by molar-refractivity contribution is 0.0950. The number of hydrogen-bond donors (Lipinski definition) is 1. The third-order valence-corrected chi connectivity index (χ3v) is 4.76. The van der Waals surface area contributed by atoms with E-state index in [-0.39, 0.29) is 5.91 Å². The first-order valence-electron chi connectivity index (χ1n) is 7.48. The summed E-state index contributed by atoms with van der Waals surface area (Å²) < 4.78 is 0. The Morgan fingerprint density at radius 2 is 2.27 bits per heavy atom. The van der Waals surface area contributed by atoms with Crippen LogP contribution in [0.2, 0.25) is 0 Å². The van der Waals surface area contributed by atoms with Gasteiger partial charge in [0.05, 0.1) is 17.9 Å². The van der Waals surface area contributed by atoms with Gasteiger partial charge in [-0.3, -0.25) is 9.78 Å². The first-order valence-corrected chi connectivity index (χ1v) is 8.46. The van der Waals surface area contributed by atoms with Crippen LogP contribution >= 0.6 is 11.8 Å². The van der Waals surface area contributed by atoms with Crippen LogP contribution < -0.4 is 10.2 Å². The summed E-state index contributed by atoms with van der Waals surface area (Å²) in [4.78, 5) is 20.1. The number of nitrogens with zero attached hydrogens (tertiary/aromatic N) is 2. The fraction of sp³-hybridized carbons (Fsp3) is 0.294. The standard InChI is InChI=1S/C17H19N3OS/c1-2-20-9-10-22-16-7-6-13(11-15(16)20)17(21)19-12-14-5-3-4-8-18-14/h3-8,11H,2,9-10,12H2,1H3,(H,19,21). The summed E-state index contributed by atoms with van der Waals surface area (Å²) in [5.74, 6) is 1.05. The van der Waals surface area contributed by atoms with Crippen LogP contribution in [-0.4, -0.2) is 29.7 Å². The van der Waals surface area contributed by atoms with Crippen LogP contribution in [0, 0.1) is 0 Å². The van der Waals surface area contributed by atoms with Crippen LogP contribution in [0.4, 0.5) is 5.69 Å². The van der Waals surface area contributed by atoms with Crippen molar-refractivity contribution in [2.75, 3.05) is 23.7 Å².